The summed E-state index contributed by atoms with van der Waals surface area (Å²) in [5.74, 6) is -0.688. The number of carboxylic acid groups (broad SMARTS) is 1. The van der Waals surface area contributed by atoms with Gasteiger partial charge in [-0.1, -0.05) is 13.3 Å². The molecular weight excluding hydrogens is 254 g/mol. The highest BCUT2D eigenvalue weighted by Crippen LogP contribution is 2.32. The lowest BCUT2D eigenvalue weighted by molar-refractivity contribution is -0.151. The van der Waals surface area contributed by atoms with Crippen molar-refractivity contribution in [2.45, 2.75) is 51.1 Å². The summed E-state index contributed by atoms with van der Waals surface area (Å²) in [6.07, 6.45) is 1.72. The highest BCUT2D eigenvalue weighted by molar-refractivity contribution is 8.00. The maximum Gasteiger partial charge on any atom is 0.327 e. The van der Waals surface area contributed by atoms with Gasteiger partial charge in [-0.3, -0.25) is 4.79 Å². The average Bonchev–Trinajstić information content (AvgIpc) is 2.70. The molecule has 0 radical (unpaired) electrons. The Morgan fingerprint density at radius 1 is 1.50 bits per heavy atom. The fraction of sp³-hybridized carbons (Fsp3) is 0.833. The number of aliphatic carboxylic acids is 1. The van der Waals surface area contributed by atoms with Crippen molar-refractivity contribution in [2.75, 3.05) is 12.4 Å². The minimum absolute atomic E-state index is 0.0284. The lowest BCUT2D eigenvalue weighted by Gasteiger charge is -2.27. The molecule has 2 atom stereocenters. The zero-order valence-corrected chi connectivity index (χ0v) is 11.9. The number of carbonyl (C=O) groups excluding carboxylic acids is 1. The van der Waals surface area contributed by atoms with E-state index in [1.807, 2.05) is 20.8 Å². The Hall–Kier alpha value is -0.750. The Morgan fingerprint density at radius 3 is 2.67 bits per heavy atom. The van der Waals surface area contributed by atoms with E-state index in [-0.39, 0.29) is 24.0 Å². The standard InChI is InChI=1S/C12H21NO4S/c1-4-5-11-13(9(7-18-11)12(15)16)10(14)6-17-8(2)3/h8-9,11H,4-7H2,1-3H3,(H,15,16). The third kappa shape index (κ3) is 3.88. The summed E-state index contributed by atoms with van der Waals surface area (Å²) >= 11 is 1.54. The molecular formula is C12H21NO4S. The second-order valence-corrected chi connectivity index (χ2v) is 5.80. The molecule has 0 aliphatic carbocycles. The van der Waals surface area contributed by atoms with Crippen molar-refractivity contribution in [3.05, 3.63) is 0 Å². The van der Waals surface area contributed by atoms with E-state index in [1.165, 1.54) is 4.90 Å². The molecule has 1 aliphatic heterocycles. The molecule has 1 heterocycles. The highest BCUT2D eigenvalue weighted by Gasteiger charge is 2.40. The first-order valence-corrected chi connectivity index (χ1v) is 7.29. The topological polar surface area (TPSA) is 66.8 Å². The van der Waals surface area contributed by atoms with E-state index in [0.717, 1.165) is 12.8 Å². The molecule has 0 bridgehead atoms. The molecule has 104 valence electrons. The maximum atomic E-state index is 12.1. The summed E-state index contributed by atoms with van der Waals surface area (Å²) in [5.41, 5.74) is 0. The van der Waals surface area contributed by atoms with E-state index in [0.29, 0.717) is 5.75 Å². The van der Waals surface area contributed by atoms with Gasteiger partial charge in [0.2, 0.25) is 5.91 Å². The van der Waals surface area contributed by atoms with Crippen LogP contribution in [-0.2, 0) is 14.3 Å². The first kappa shape index (κ1) is 15.3. The molecule has 0 saturated carbocycles. The number of ether oxygens (including phenoxy) is 1. The van der Waals surface area contributed by atoms with Crippen LogP contribution in [0.1, 0.15) is 33.6 Å². The van der Waals surface area contributed by atoms with Crippen LogP contribution >= 0.6 is 11.8 Å². The van der Waals surface area contributed by atoms with Crippen molar-refractivity contribution >= 4 is 23.6 Å². The zero-order chi connectivity index (χ0) is 13.7. The molecule has 1 amide bonds. The van der Waals surface area contributed by atoms with Crippen LogP contribution in [0, 0.1) is 0 Å². The predicted octanol–water partition coefficient (Wildman–Crippen LogP) is 1.57. The Bertz CT molecular complexity index is 308. The minimum atomic E-state index is -0.931. The lowest BCUT2D eigenvalue weighted by atomic mass is 10.2. The van der Waals surface area contributed by atoms with Crippen LogP contribution in [0.15, 0.2) is 0 Å². The molecule has 1 saturated heterocycles. The summed E-state index contributed by atoms with van der Waals surface area (Å²) in [6, 6.07) is -0.713. The van der Waals surface area contributed by atoms with Gasteiger partial charge in [-0.15, -0.1) is 11.8 Å². The summed E-state index contributed by atoms with van der Waals surface area (Å²) < 4.78 is 5.28. The van der Waals surface area contributed by atoms with E-state index in [9.17, 15) is 9.59 Å². The predicted molar refractivity (Wildman–Crippen MR) is 70.5 cm³/mol. The van der Waals surface area contributed by atoms with Gasteiger partial charge in [0.05, 0.1) is 11.5 Å². The number of nitrogens with zero attached hydrogens (tertiary/aromatic N) is 1. The van der Waals surface area contributed by atoms with Gasteiger partial charge in [0.15, 0.2) is 0 Å². The number of amides is 1. The number of rotatable bonds is 6. The Morgan fingerprint density at radius 2 is 2.17 bits per heavy atom. The second-order valence-electron chi connectivity index (χ2n) is 4.59. The van der Waals surface area contributed by atoms with Gasteiger partial charge in [-0.2, -0.15) is 0 Å². The van der Waals surface area contributed by atoms with Gasteiger partial charge >= 0.3 is 5.97 Å². The number of carboxylic acids is 1. The van der Waals surface area contributed by atoms with Gasteiger partial charge < -0.3 is 14.7 Å². The zero-order valence-electron chi connectivity index (χ0n) is 11.1. The number of carbonyl (C=O) groups is 2. The normalized spacial score (nSPS) is 23.7. The summed E-state index contributed by atoms with van der Waals surface area (Å²) in [4.78, 5) is 24.7. The smallest absolute Gasteiger partial charge is 0.327 e. The summed E-state index contributed by atoms with van der Waals surface area (Å²) in [5, 5.41) is 9.12. The maximum absolute atomic E-state index is 12.1. The van der Waals surface area contributed by atoms with Crippen molar-refractivity contribution in [3.8, 4) is 0 Å². The largest absolute Gasteiger partial charge is 0.480 e. The van der Waals surface area contributed by atoms with Crippen LogP contribution in [0.25, 0.3) is 0 Å². The van der Waals surface area contributed by atoms with Gasteiger partial charge in [0.1, 0.15) is 12.6 Å². The first-order valence-electron chi connectivity index (χ1n) is 6.24. The molecule has 0 aromatic carbocycles. The molecule has 5 nitrogen and oxygen atoms in total. The molecule has 18 heavy (non-hydrogen) atoms. The van der Waals surface area contributed by atoms with Crippen LogP contribution in [0.2, 0.25) is 0 Å². The van der Waals surface area contributed by atoms with Crippen LogP contribution in [0.5, 0.6) is 0 Å². The van der Waals surface area contributed by atoms with E-state index < -0.39 is 12.0 Å². The molecule has 2 unspecified atom stereocenters. The molecule has 1 aliphatic rings. The molecule has 6 heteroatoms. The van der Waals surface area contributed by atoms with Crippen molar-refractivity contribution < 1.29 is 19.4 Å². The Kier molecular flexibility index (Phi) is 5.95. The molecule has 1 rings (SSSR count). The van der Waals surface area contributed by atoms with Gasteiger partial charge in [0.25, 0.3) is 0 Å². The Labute approximate surface area is 112 Å². The van der Waals surface area contributed by atoms with Gasteiger partial charge in [-0.05, 0) is 20.3 Å². The van der Waals surface area contributed by atoms with Crippen LogP contribution in [0.4, 0.5) is 0 Å². The second kappa shape index (κ2) is 6.99. The molecule has 0 aromatic heterocycles. The summed E-state index contributed by atoms with van der Waals surface area (Å²) in [7, 11) is 0. The van der Waals surface area contributed by atoms with Crippen LogP contribution in [0.3, 0.4) is 0 Å². The van der Waals surface area contributed by atoms with Crippen molar-refractivity contribution in [1.82, 2.24) is 4.90 Å². The van der Waals surface area contributed by atoms with Crippen molar-refractivity contribution in [3.63, 3.8) is 0 Å². The molecule has 0 spiro atoms. The third-order valence-corrected chi connectivity index (χ3v) is 4.10. The van der Waals surface area contributed by atoms with E-state index in [2.05, 4.69) is 0 Å². The number of thioether (sulfide) groups is 1. The third-order valence-electron chi connectivity index (χ3n) is 2.74. The van der Waals surface area contributed by atoms with E-state index in [1.54, 1.807) is 11.8 Å². The van der Waals surface area contributed by atoms with Crippen LogP contribution < -0.4 is 0 Å². The fourth-order valence-electron chi connectivity index (χ4n) is 1.87. The van der Waals surface area contributed by atoms with Gasteiger partial charge in [0, 0.05) is 5.75 Å². The summed E-state index contributed by atoms with van der Waals surface area (Å²) in [6.45, 7) is 5.69. The van der Waals surface area contributed by atoms with Crippen LogP contribution in [-0.4, -0.2) is 51.8 Å². The quantitative estimate of drug-likeness (QED) is 0.797. The van der Waals surface area contributed by atoms with E-state index in [4.69, 9.17) is 9.84 Å². The average molecular weight is 275 g/mol. The molecule has 1 fully saturated rings. The van der Waals surface area contributed by atoms with Gasteiger partial charge in [-0.25, -0.2) is 4.79 Å². The van der Waals surface area contributed by atoms with Crippen molar-refractivity contribution in [1.29, 1.82) is 0 Å². The molecule has 1 N–H and O–H groups in total. The highest BCUT2D eigenvalue weighted by atomic mass is 32.2. The van der Waals surface area contributed by atoms with E-state index >= 15 is 0 Å². The fourth-order valence-corrected chi connectivity index (χ4v) is 3.41. The first-order chi connectivity index (χ1) is 8.47. The number of hydrogen-bond donors (Lipinski definition) is 1. The lowest BCUT2D eigenvalue weighted by Crippen LogP contribution is -2.47. The molecule has 0 aromatic rings. The van der Waals surface area contributed by atoms with Crippen molar-refractivity contribution in [2.24, 2.45) is 0 Å². The number of hydrogen-bond acceptors (Lipinski definition) is 4. The monoisotopic (exact) mass is 275 g/mol. The SMILES string of the molecule is CCCC1SCC(C(=O)O)N1C(=O)COC(C)C. The minimum Gasteiger partial charge on any atom is -0.480 e. The Balaban J connectivity index is 2.69.